The van der Waals surface area contributed by atoms with Gasteiger partial charge in [-0.05, 0) is 49.4 Å². The van der Waals surface area contributed by atoms with Gasteiger partial charge in [0.25, 0.3) is 0 Å². The number of aromatic amines is 1. The average Bonchev–Trinajstić information content (AvgIpc) is 2.84. The lowest BCUT2D eigenvalue weighted by atomic mass is 9.93. The fraction of sp³-hybridized carbons (Fsp3) is 0.286. The average molecular weight is 255 g/mol. The summed E-state index contributed by atoms with van der Waals surface area (Å²) in [5, 5.41) is 8.87. The molecule has 3 rings (SSSR count). The summed E-state index contributed by atoms with van der Waals surface area (Å²) < 4.78 is 0. The summed E-state index contributed by atoms with van der Waals surface area (Å²) in [7, 11) is 0. The van der Waals surface area contributed by atoms with Crippen molar-refractivity contribution >= 4 is 22.3 Å². The number of nitrogens with two attached hydrogens (primary N) is 2. The van der Waals surface area contributed by atoms with E-state index in [4.69, 9.17) is 11.7 Å². The van der Waals surface area contributed by atoms with Gasteiger partial charge in [-0.2, -0.15) is 10.2 Å². The summed E-state index contributed by atoms with van der Waals surface area (Å²) in [6.45, 7) is 1.91. The van der Waals surface area contributed by atoms with Gasteiger partial charge in [-0.3, -0.25) is 0 Å². The van der Waals surface area contributed by atoms with Crippen molar-refractivity contribution < 1.29 is 0 Å². The first-order chi connectivity index (χ1) is 9.24. The van der Waals surface area contributed by atoms with Crippen LogP contribution < -0.4 is 11.7 Å². The molecule has 0 bridgehead atoms. The summed E-state index contributed by atoms with van der Waals surface area (Å²) in [5.41, 5.74) is 6.35. The first kappa shape index (κ1) is 11.8. The quantitative estimate of drug-likeness (QED) is 0.412. The molecule has 0 saturated heterocycles. The van der Waals surface area contributed by atoms with Crippen LogP contribution in [0.2, 0.25) is 0 Å². The van der Waals surface area contributed by atoms with Gasteiger partial charge in [-0.25, -0.2) is 0 Å². The van der Waals surface area contributed by atoms with E-state index >= 15 is 0 Å². The summed E-state index contributed by atoms with van der Waals surface area (Å²) in [6.07, 6.45) is 3.08. The number of nitrogens with zero attached hydrogens (tertiary/aromatic N) is 2. The van der Waals surface area contributed by atoms with E-state index in [0.717, 1.165) is 47.5 Å². The predicted octanol–water partition coefficient (Wildman–Crippen LogP) is 1.85. The lowest BCUT2D eigenvalue weighted by Gasteiger charge is -2.12. The molecule has 1 heterocycles. The molecule has 0 atom stereocenters. The summed E-state index contributed by atoms with van der Waals surface area (Å²) in [5.74, 6) is 10.8. The van der Waals surface area contributed by atoms with Crippen molar-refractivity contribution in [2.24, 2.45) is 21.9 Å². The van der Waals surface area contributed by atoms with E-state index in [-0.39, 0.29) is 0 Å². The number of benzene rings is 1. The van der Waals surface area contributed by atoms with Crippen LogP contribution in [0, 0.1) is 0 Å². The van der Waals surface area contributed by atoms with Gasteiger partial charge in [-0.1, -0.05) is 6.07 Å². The number of aromatic nitrogens is 1. The highest BCUT2D eigenvalue weighted by Gasteiger charge is 2.20. The van der Waals surface area contributed by atoms with Gasteiger partial charge in [0.05, 0.1) is 17.1 Å². The molecule has 0 spiro atoms. The van der Waals surface area contributed by atoms with E-state index < -0.39 is 0 Å². The van der Waals surface area contributed by atoms with E-state index in [0.29, 0.717) is 0 Å². The molecule has 1 aliphatic carbocycles. The fourth-order valence-corrected chi connectivity index (χ4v) is 2.74. The molecule has 1 aromatic heterocycles. The second-order valence-corrected chi connectivity index (χ2v) is 4.88. The van der Waals surface area contributed by atoms with E-state index in [9.17, 15) is 0 Å². The molecule has 5 nitrogen and oxygen atoms in total. The highest BCUT2D eigenvalue weighted by molar-refractivity contribution is 6.08. The highest BCUT2D eigenvalue weighted by Crippen LogP contribution is 2.30. The number of nitrogens with one attached hydrogen (secondary N) is 1. The third kappa shape index (κ3) is 1.78. The maximum absolute atomic E-state index is 5.47. The summed E-state index contributed by atoms with van der Waals surface area (Å²) in [6, 6.07) is 6.22. The Morgan fingerprint density at radius 2 is 2.11 bits per heavy atom. The molecule has 0 fully saturated rings. The Balaban J connectivity index is 2.24. The number of rotatable bonds is 1. The molecule has 0 aliphatic heterocycles. The van der Waals surface area contributed by atoms with Crippen LogP contribution in [-0.4, -0.2) is 16.4 Å². The molecule has 0 unspecified atom stereocenters. The number of hydrogen-bond acceptors (Lipinski definition) is 4. The molecular formula is C14H17N5. The van der Waals surface area contributed by atoms with Crippen LogP contribution in [0.5, 0.6) is 0 Å². The highest BCUT2D eigenvalue weighted by atomic mass is 15.1. The number of hydrogen-bond donors (Lipinski definition) is 3. The van der Waals surface area contributed by atoms with Gasteiger partial charge in [0.2, 0.25) is 0 Å². The minimum Gasteiger partial charge on any atom is -0.353 e. The summed E-state index contributed by atoms with van der Waals surface area (Å²) >= 11 is 0. The van der Waals surface area contributed by atoms with E-state index in [2.05, 4.69) is 27.3 Å². The Kier molecular flexibility index (Phi) is 2.74. The number of fused-ring (bicyclic) bond motifs is 3. The Morgan fingerprint density at radius 1 is 1.26 bits per heavy atom. The normalized spacial score (nSPS) is 17.9. The van der Waals surface area contributed by atoms with Crippen molar-refractivity contribution in [3.63, 3.8) is 0 Å². The first-order valence-corrected chi connectivity index (χ1v) is 6.41. The number of H-pyrrole nitrogens is 1. The Hall–Kier alpha value is -2.30. The molecule has 1 aliphatic rings. The topological polar surface area (TPSA) is 92.5 Å². The van der Waals surface area contributed by atoms with E-state index in [1.54, 1.807) is 0 Å². The van der Waals surface area contributed by atoms with Gasteiger partial charge in [0, 0.05) is 10.9 Å². The third-order valence-electron chi connectivity index (χ3n) is 3.80. The van der Waals surface area contributed by atoms with E-state index in [1.807, 2.05) is 13.0 Å². The van der Waals surface area contributed by atoms with Crippen molar-refractivity contribution in [3.05, 3.63) is 35.0 Å². The lowest BCUT2D eigenvalue weighted by molar-refractivity contribution is 0.837. The minimum atomic E-state index is 0.834. The number of aryl methyl sites for hydroxylation is 1. The Morgan fingerprint density at radius 3 is 2.84 bits per heavy atom. The van der Waals surface area contributed by atoms with Crippen LogP contribution in [0.15, 0.2) is 28.4 Å². The minimum absolute atomic E-state index is 0.834. The molecule has 1 aromatic carbocycles. The van der Waals surface area contributed by atoms with Gasteiger partial charge >= 0.3 is 0 Å². The van der Waals surface area contributed by atoms with Gasteiger partial charge in [0.1, 0.15) is 0 Å². The third-order valence-corrected chi connectivity index (χ3v) is 3.80. The zero-order valence-corrected chi connectivity index (χ0v) is 10.9. The zero-order valence-electron chi connectivity index (χ0n) is 10.9. The van der Waals surface area contributed by atoms with Gasteiger partial charge < -0.3 is 16.7 Å². The van der Waals surface area contributed by atoms with Crippen molar-refractivity contribution in [2.75, 3.05) is 0 Å². The summed E-state index contributed by atoms with van der Waals surface area (Å²) in [4.78, 5) is 3.42. The molecular weight excluding hydrogens is 238 g/mol. The smallest absolute Gasteiger partial charge is 0.0837 e. The van der Waals surface area contributed by atoms with Crippen molar-refractivity contribution in [3.8, 4) is 0 Å². The molecule has 19 heavy (non-hydrogen) atoms. The van der Waals surface area contributed by atoms with Crippen molar-refractivity contribution in [1.82, 2.24) is 4.98 Å². The SMILES string of the molecule is CC(=NN)c1ccc2[nH]c3c(c2c1)CCCC3=NN. The molecule has 0 saturated carbocycles. The molecule has 0 radical (unpaired) electrons. The second-order valence-electron chi connectivity index (χ2n) is 4.88. The first-order valence-electron chi connectivity index (χ1n) is 6.41. The largest absolute Gasteiger partial charge is 0.353 e. The standard InChI is InChI=1S/C14H17N5/c1-8(18-15)9-5-6-12-11(7-9)10-3-2-4-13(19-16)14(10)17-12/h5-7,17H,2-4,15-16H2,1H3. The Bertz CT molecular complexity index is 693. The molecule has 0 amide bonds. The zero-order chi connectivity index (χ0) is 13.4. The molecule has 5 N–H and O–H groups in total. The predicted molar refractivity (Wildman–Crippen MR) is 78.4 cm³/mol. The van der Waals surface area contributed by atoms with Crippen LogP contribution in [0.25, 0.3) is 10.9 Å². The van der Waals surface area contributed by atoms with Crippen molar-refractivity contribution in [2.45, 2.75) is 26.2 Å². The van der Waals surface area contributed by atoms with Crippen LogP contribution in [0.4, 0.5) is 0 Å². The van der Waals surface area contributed by atoms with Gasteiger partial charge in [-0.15, -0.1) is 0 Å². The molecule has 5 heteroatoms. The van der Waals surface area contributed by atoms with Gasteiger partial charge in [0.15, 0.2) is 0 Å². The van der Waals surface area contributed by atoms with Crippen LogP contribution in [0.1, 0.15) is 36.6 Å². The maximum atomic E-state index is 5.47. The number of hydrazone groups is 2. The second kappa shape index (κ2) is 4.42. The maximum Gasteiger partial charge on any atom is 0.0837 e. The van der Waals surface area contributed by atoms with Crippen LogP contribution >= 0.6 is 0 Å². The van der Waals surface area contributed by atoms with Crippen LogP contribution in [0.3, 0.4) is 0 Å². The Labute approximate surface area is 111 Å². The molecule has 98 valence electrons. The van der Waals surface area contributed by atoms with Crippen molar-refractivity contribution in [1.29, 1.82) is 0 Å². The monoisotopic (exact) mass is 255 g/mol. The van der Waals surface area contributed by atoms with E-state index in [1.165, 1.54) is 10.9 Å². The fourth-order valence-electron chi connectivity index (χ4n) is 2.74. The molecule has 2 aromatic rings. The lowest BCUT2D eigenvalue weighted by Crippen LogP contribution is -2.13. The van der Waals surface area contributed by atoms with Crippen LogP contribution in [-0.2, 0) is 6.42 Å².